The van der Waals surface area contributed by atoms with Crippen LogP contribution in [0.2, 0.25) is 0 Å². The minimum absolute atomic E-state index is 0.130. The van der Waals surface area contributed by atoms with Gasteiger partial charge in [-0.05, 0) is 49.4 Å². The first-order chi connectivity index (χ1) is 14.7. The third kappa shape index (κ3) is 5.17. The van der Waals surface area contributed by atoms with Crippen molar-refractivity contribution >= 4 is 33.0 Å². The van der Waals surface area contributed by atoms with Crippen LogP contribution in [-0.4, -0.2) is 26.4 Å². The van der Waals surface area contributed by atoms with Gasteiger partial charge in [-0.1, -0.05) is 17.7 Å². The number of aryl methyl sites for hydroxylation is 1. The number of hydrogen-bond donors (Lipinski definition) is 2. The van der Waals surface area contributed by atoms with Crippen molar-refractivity contribution < 1.29 is 22.9 Å². The molecule has 0 aliphatic heterocycles. The lowest BCUT2D eigenvalue weighted by Gasteiger charge is -2.11. The molecule has 31 heavy (non-hydrogen) atoms. The number of nitro benzene ring substituents is 1. The van der Waals surface area contributed by atoms with Crippen LogP contribution in [0.3, 0.4) is 0 Å². The molecule has 1 amide bonds. The Morgan fingerprint density at radius 3 is 2.23 bits per heavy atom. The number of nitrogens with one attached hydrogen (secondary N) is 2. The molecule has 0 saturated heterocycles. The van der Waals surface area contributed by atoms with Gasteiger partial charge in [0.25, 0.3) is 21.6 Å². The van der Waals surface area contributed by atoms with Crippen molar-refractivity contribution in [3.05, 3.63) is 88.0 Å². The number of methoxy groups -OCH3 is 1. The molecule has 0 unspecified atom stereocenters. The molecule has 10 heteroatoms. The first kappa shape index (κ1) is 21.8. The normalized spacial score (nSPS) is 10.9. The zero-order chi connectivity index (χ0) is 22.6. The number of sulfonamides is 1. The molecule has 0 fully saturated rings. The summed E-state index contributed by atoms with van der Waals surface area (Å²) >= 11 is 0. The van der Waals surface area contributed by atoms with Crippen LogP contribution >= 0.6 is 0 Å². The molecule has 0 radical (unpaired) electrons. The highest BCUT2D eigenvalue weighted by molar-refractivity contribution is 7.92. The van der Waals surface area contributed by atoms with Gasteiger partial charge >= 0.3 is 0 Å². The molecule has 0 spiro atoms. The van der Waals surface area contributed by atoms with E-state index in [9.17, 15) is 23.3 Å². The van der Waals surface area contributed by atoms with Gasteiger partial charge in [0.05, 0.1) is 28.7 Å². The van der Waals surface area contributed by atoms with E-state index in [4.69, 9.17) is 4.74 Å². The number of non-ortho nitro benzene ring substituents is 1. The Kier molecular flexibility index (Phi) is 6.21. The van der Waals surface area contributed by atoms with Crippen molar-refractivity contribution in [2.45, 2.75) is 11.8 Å². The van der Waals surface area contributed by atoms with Gasteiger partial charge in [-0.2, -0.15) is 0 Å². The van der Waals surface area contributed by atoms with Crippen molar-refractivity contribution in [3.63, 3.8) is 0 Å². The number of hydrogen-bond acceptors (Lipinski definition) is 6. The second-order valence-electron chi connectivity index (χ2n) is 6.59. The summed E-state index contributed by atoms with van der Waals surface area (Å²) in [5.41, 5.74) is 1.60. The van der Waals surface area contributed by atoms with E-state index in [0.717, 1.165) is 5.56 Å². The minimum Gasteiger partial charge on any atom is -0.494 e. The molecular weight excluding hydrogens is 422 g/mol. The number of carbonyl (C=O) groups excluding carboxylic acids is 1. The van der Waals surface area contributed by atoms with Crippen LogP contribution in [0, 0.1) is 17.0 Å². The highest BCUT2D eigenvalue weighted by Gasteiger charge is 2.16. The van der Waals surface area contributed by atoms with Crippen LogP contribution in [0.1, 0.15) is 15.9 Å². The quantitative estimate of drug-likeness (QED) is 0.422. The first-order valence-corrected chi connectivity index (χ1v) is 10.5. The van der Waals surface area contributed by atoms with Crippen LogP contribution in [0.4, 0.5) is 17.1 Å². The van der Waals surface area contributed by atoms with Crippen molar-refractivity contribution in [3.8, 4) is 5.75 Å². The molecule has 0 aromatic heterocycles. The molecule has 3 aromatic rings. The van der Waals surface area contributed by atoms with Gasteiger partial charge in [-0.3, -0.25) is 19.6 Å². The molecule has 0 heterocycles. The maximum absolute atomic E-state index is 12.5. The van der Waals surface area contributed by atoms with Crippen molar-refractivity contribution in [1.29, 1.82) is 0 Å². The van der Waals surface area contributed by atoms with Crippen molar-refractivity contribution in [2.24, 2.45) is 0 Å². The zero-order valence-corrected chi connectivity index (χ0v) is 17.5. The minimum atomic E-state index is -3.75. The number of benzene rings is 3. The smallest absolute Gasteiger partial charge is 0.273 e. The van der Waals surface area contributed by atoms with E-state index in [1.165, 1.54) is 61.7 Å². The molecule has 0 aliphatic carbocycles. The summed E-state index contributed by atoms with van der Waals surface area (Å²) in [6.45, 7) is 1.86. The highest BCUT2D eigenvalue weighted by Crippen LogP contribution is 2.29. The van der Waals surface area contributed by atoms with Gasteiger partial charge in [-0.15, -0.1) is 0 Å². The van der Waals surface area contributed by atoms with E-state index >= 15 is 0 Å². The van der Waals surface area contributed by atoms with Crippen LogP contribution in [0.15, 0.2) is 71.6 Å². The monoisotopic (exact) mass is 441 g/mol. The lowest BCUT2D eigenvalue weighted by Crippen LogP contribution is -2.14. The Hall–Kier alpha value is -3.92. The van der Waals surface area contributed by atoms with E-state index in [0.29, 0.717) is 5.69 Å². The van der Waals surface area contributed by atoms with Gasteiger partial charge < -0.3 is 10.1 Å². The maximum Gasteiger partial charge on any atom is 0.273 e. The van der Waals surface area contributed by atoms with E-state index in [-0.39, 0.29) is 27.6 Å². The van der Waals surface area contributed by atoms with E-state index < -0.39 is 20.9 Å². The molecule has 9 nitrogen and oxygen atoms in total. The molecule has 3 rings (SSSR count). The lowest BCUT2D eigenvalue weighted by molar-refractivity contribution is -0.384. The number of ether oxygens (including phenoxy) is 1. The molecular formula is C21H19N3O6S. The first-order valence-electron chi connectivity index (χ1n) is 9.03. The van der Waals surface area contributed by atoms with Crippen molar-refractivity contribution in [1.82, 2.24) is 0 Å². The van der Waals surface area contributed by atoms with Gasteiger partial charge in [0.2, 0.25) is 0 Å². The van der Waals surface area contributed by atoms with Crippen LogP contribution in [-0.2, 0) is 10.0 Å². The Morgan fingerprint density at radius 2 is 1.65 bits per heavy atom. The second kappa shape index (κ2) is 8.84. The van der Waals surface area contributed by atoms with Gasteiger partial charge in [0, 0.05) is 17.3 Å². The Bertz CT molecular complexity index is 1220. The van der Waals surface area contributed by atoms with E-state index in [1.54, 1.807) is 12.1 Å². The van der Waals surface area contributed by atoms with Crippen LogP contribution in [0.5, 0.6) is 5.75 Å². The second-order valence-corrected chi connectivity index (χ2v) is 8.27. The molecule has 0 aliphatic rings. The van der Waals surface area contributed by atoms with Gasteiger partial charge in [0.1, 0.15) is 5.75 Å². The third-order valence-corrected chi connectivity index (χ3v) is 5.77. The molecule has 0 saturated carbocycles. The topological polar surface area (TPSA) is 128 Å². The summed E-state index contributed by atoms with van der Waals surface area (Å²) in [6, 6.07) is 16.1. The highest BCUT2D eigenvalue weighted by atomic mass is 32.2. The molecule has 2 N–H and O–H groups in total. The fourth-order valence-electron chi connectivity index (χ4n) is 2.71. The Balaban J connectivity index is 1.73. The molecule has 3 aromatic carbocycles. The maximum atomic E-state index is 12.5. The summed E-state index contributed by atoms with van der Waals surface area (Å²) in [6.07, 6.45) is 0. The molecule has 160 valence electrons. The lowest BCUT2D eigenvalue weighted by atomic mass is 10.2. The summed E-state index contributed by atoms with van der Waals surface area (Å²) in [4.78, 5) is 23.0. The zero-order valence-electron chi connectivity index (χ0n) is 16.7. The molecule has 0 atom stereocenters. The predicted octanol–water partition coefficient (Wildman–Crippen LogP) is 3.96. The fourth-order valence-corrected chi connectivity index (χ4v) is 3.77. The SMILES string of the molecule is COc1cc([N+](=O)[O-])ccc1NC(=O)c1ccc(NS(=O)(=O)c2ccc(C)cc2)cc1. The number of nitrogens with zero attached hydrogens (tertiary/aromatic N) is 1. The number of rotatable bonds is 7. The number of anilines is 2. The van der Waals surface area contributed by atoms with Gasteiger partial charge in [0.15, 0.2) is 0 Å². The summed E-state index contributed by atoms with van der Waals surface area (Å²) in [5, 5.41) is 13.5. The summed E-state index contributed by atoms with van der Waals surface area (Å²) in [7, 11) is -2.42. The predicted molar refractivity (Wildman–Crippen MR) is 116 cm³/mol. The van der Waals surface area contributed by atoms with Crippen molar-refractivity contribution in [2.75, 3.05) is 17.1 Å². The van der Waals surface area contributed by atoms with E-state index in [2.05, 4.69) is 10.0 Å². The van der Waals surface area contributed by atoms with Gasteiger partial charge in [-0.25, -0.2) is 8.42 Å². The Labute approximate surface area is 178 Å². The largest absolute Gasteiger partial charge is 0.494 e. The Morgan fingerprint density at radius 1 is 1.00 bits per heavy atom. The number of amides is 1. The average molecular weight is 441 g/mol. The van der Waals surface area contributed by atoms with Crippen LogP contribution in [0.25, 0.3) is 0 Å². The summed E-state index contributed by atoms with van der Waals surface area (Å²) in [5.74, 6) is -0.342. The molecule has 0 bridgehead atoms. The van der Waals surface area contributed by atoms with Crippen LogP contribution < -0.4 is 14.8 Å². The van der Waals surface area contributed by atoms with E-state index in [1.807, 2.05) is 6.92 Å². The number of carbonyl (C=O) groups is 1. The summed E-state index contributed by atoms with van der Waals surface area (Å²) < 4.78 is 32.5. The fraction of sp³-hybridized carbons (Fsp3) is 0.0952. The third-order valence-electron chi connectivity index (χ3n) is 4.37. The standard InChI is InChI=1S/C21H19N3O6S/c1-14-3-10-18(11-4-14)31(28,29)23-16-7-5-15(6-8-16)21(25)22-19-12-9-17(24(26)27)13-20(19)30-2/h3-13,23H,1-2H3,(H,22,25). The average Bonchev–Trinajstić information content (AvgIpc) is 2.74. The number of nitro groups is 1.